The number of pyridine rings is 1. The molecule has 0 saturated heterocycles. The van der Waals surface area contributed by atoms with Crippen molar-refractivity contribution in [3.63, 3.8) is 0 Å². The van der Waals surface area contributed by atoms with Crippen molar-refractivity contribution >= 4 is 23.5 Å². The number of rotatable bonds is 3. The zero-order valence-electron chi connectivity index (χ0n) is 12.3. The first-order valence-corrected chi connectivity index (χ1v) is 7.03. The van der Waals surface area contributed by atoms with Gasteiger partial charge in [0.25, 0.3) is 5.91 Å². The van der Waals surface area contributed by atoms with E-state index in [9.17, 15) is 14.7 Å². The van der Waals surface area contributed by atoms with Gasteiger partial charge in [-0.25, -0.2) is 9.78 Å². The number of aromatic nitrogens is 1. The van der Waals surface area contributed by atoms with Crippen LogP contribution in [0.2, 0.25) is 0 Å². The second-order valence-electron chi connectivity index (χ2n) is 5.19. The molecule has 1 amide bonds. The normalized spacial score (nSPS) is 18.0. The van der Waals surface area contributed by atoms with Crippen LogP contribution in [0.1, 0.15) is 18.6 Å². The van der Waals surface area contributed by atoms with Gasteiger partial charge in [0.15, 0.2) is 11.6 Å². The Labute approximate surface area is 132 Å². The van der Waals surface area contributed by atoms with Crippen LogP contribution in [0.5, 0.6) is 5.75 Å². The van der Waals surface area contributed by atoms with Gasteiger partial charge >= 0.3 is 5.97 Å². The SMILES string of the molecule is CC(C(=O)O)N1C(=O)C(c2ccccc2)Oc2ccc(N)nc21. The van der Waals surface area contributed by atoms with Crippen LogP contribution in [-0.4, -0.2) is 28.0 Å². The molecule has 0 bridgehead atoms. The molecule has 2 unspecified atom stereocenters. The van der Waals surface area contributed by atoms with E-state index in [4.69, 9.17) is 10.5 Å². The summed E-state index contributed by atoms with van der Waals surface area (Å²) in [6, 6.07) is 10.9. The van der Waals surface area contributed by atoms with Crippen molar-refractivity contribution in [2.75, 3.05) is 10.6 Å². The molecule has 7 heteroatoms. The number of benzene rings is 1. The van der Waals surface area contributed by atoms with Crippen molar-refractivity contribution in [1.29, 1.82) is 0 Å². The van der Waals surface area contributed by atoms with E-state index in [2.05, 4.69) is 4.98 Å². The summed E-state index contributed by atoms with van der Waals surface area (Å²) < 4.78 is 5.74. The van der Waals surface area contributed by atoms with Gasteiger partial charge in [-0.3, -0.25) is 9.69 Å². The lowest BCUT2D eigenvalue weighted by Crippen LogP contribution is -2.49. The molecule has 1 aliphatic heterocycles. The van der Waals surface area contributed by atoms with Crippen LogP contribution in [0.4, 0.5) is 11.6 Å². The van der Waals surface area contributed by atoms with E-state index in [0.29, 0.717) is 11.3 Å². The molecule has 0 spiro atoms. The number of nitrogens with zero attached hydrogens (tertiary/aromatic N) is 2. The molecule has 23 heavy (non-hydrogen) atoms. The Kier molecular flexibility index (Phi) is 3.61. The van der Waals surface area contributed by atoms with Gasteiger partial charge in [0, 0.05) is 5.56 Å². The van der Waals surface area contributed by atoms with E-state index >= 15 is 0 Å². The van der Waals surface area contributed by atoms with Gasteiger partial charge in [-0.1, -0.05) is 30.3 Å². The lowest BCUT2D eigenvalue weighted by molar-refractivity contribution is -0.141. The van der Waals surface area contributed by atoms with Crippen molar-refractivity contribution < 1.29 is 19.4 Å². The van der Waals surface area contributed by atoms with Crippen molar-refractivity contribution in [3.05, 3.63) is 48.0 Å². The fraction of sp³-hybridized carbons (Fsp3) is 0.188. The highest BCUT2D eigenvalue weighted by atomic mass is 16.5. The van der Waals surface area contributed by atoms with Crippen molar-refractivity contribution in [3.8, 4) is 5.75 Å². The summed E-state index contributed by atoms with van der Waals surface area (Å²) in [7, 11) is 0. The smallest absolute Gasteiger partial charge is 0.326 e. The summed E-state index contributed by atoms with van der Waals surface area (Å²) >= 11 is 0. The zero-order valence-corrected chi connectivity index (χ0v) is 12.3. The first-order valence-electron chi connectivity index (χ1n) is 7.03. The standard InChI is InChI=1S/C16H15N3O4/c1-9(16(21)22)19-14-11(7-8-12(17)18-14)23-13(15(19)20)10-5-3-2-4-6-10/h2-9,13H,1H3,(H2,17,18)(H,21,22). The quantitative estimate of drug-likeness (QED) is 0.891. The molecule has 1 aliphatic rings. The number of carboxylic acids is 1. The number of hydrogen-bond acceptors (Lipinski definition) is 5. The molecule has 1 aromatic heterocycles. The second-order valence-corrected chi connectivity index (χ2v) is 5.19. The molecular weight excluding hydrogens is 298 g/mol. The molecule has 3 rings (SSSR count). The second kappa shape index (κ2) is 5.60. The Morgan fingerprint density at radius 1 is 1.30 bits per heavy atom. The number of carbonyl (C=O) groups excluding carboxylic acids is 1. The third-order valence-corrected chi connectivity index (χ3v) is 3.64. The van der Waals surface area contributed by atoms with Gasteiger partial charge in [-0.2, -0.15) is 0 Å². The Morgan fingerprint density at radius 2 is 2.00 bits per heavy atom. The molecule has 0 radical (unpaired) electrons. The highest BCUT2D eigenvalue weighted by molar-refractivity contribution is 6.03. The molecule has 0 aliphatic carbocycles. The number of carbonyl (C=O) groups is 2. The van der Waals surface area contributed by atoms with Crippen LogP contribution in [0.15, 0.2) is 42.5 Å². The van der Waals surface area contributed by atoms with Gasteiger partial charge < -0.3 is 15.6 Å². The minimum absolute atomic E-state index is 0.122. The summed E-state index contributed by atoms with van der Waals surface area (Å²) in [6.07, 6.45) is -0.920. The summed E-state index contributed by atoms with van der Waals surface area (Å²) in [5.41, 5.74) is 6.30. The Hall–Kier alpha value is -3.09. The van der Waals surface area contributed by atoms with Crippen LogP contribution >= 0.6 is 0 Å². The number of nitrogens with two attached hydrogens (primary N) is 1. The lowest BCUT2D eigenvalue weighted by atomic mass is 10.1. The molecular formula is C16H15N3O4. The average molecular weight is 313 g/mol. The number of amides is 1. The molecule has 118 valence electrons. The number of aliphatic carboxylic acids is 1. The lowest BCUT2D eigenvalue weighted by Gasteiger charge is -2.35. The summed E-state index contributed by atoms with van der Waals surface area (Å²) in [6.45, 7) is 1.42. The summed E-state index contributed by atoms with van der Waals surface area (Å²) in [4.78, 5) is 29.4. The highest BCUT2D eigenvalue weighted by Gasteiger charge is 2.41. The van der Waals surface area contributed by atoms with Gasteiger partial charge in [0.1, 0.15) is 11.9 Å². The number of fused-ring (bicyclic) bond motifs is 1. The van der Waals surface area contributed by atoms with Crippen molar-refractivity contribution in [2.24, 2.45) is 0 Å². The van der Waals surface area contributed by atoms with Crippen molar-refractivity contribution in [1.82, 2.24) is 4.98 Å². The summed E-state index contributed by atoms with van der Waals surface area (Å²) in [5, 5.41) is 9.31. The van der Waals surface area contributed by atoms with E-state index < -0.39 is 24.0 Å². The minimum atomic E-state index is -1.14. The van der Waals surface area contributed by atoms with Crippen molar-refractivity contribution in [2.45, 2.75) is 19.1 Å². The first kappa shape index (κ1) is 14.8. The maximum Gasteiger partial charge on any atom is 0.326 e. The number of hydrogen-bond donors (Lipinski definition) is 2. The fourth-order valence-electron chi connectivity index (χ4n) is 2.45. The molecule has 1 aromatic carbocycles. The van der Waals surface area contributed by atoms with Crippen LogP contribution in [-0.2, 0) is 9.59 Å². The predicted molar refractivity (Wildman–Crippen MR) is 83.0 cm³/mol. The molecule has 7 nitrogen and oxygen atoms in total. The van der Waals surface area contributed by atoms with Crippen LogP contribution in [0.3, 0.4) is 0 Å². The average Bonchev–Trinajstić information content (AvgIpc) is 2.54. The molecule has 0 fully saturated rings. The fourth-order valence-corrected chi connectivity index (χ4v) is 2.45. The van der Waals surface area contributed by atoms with E-state index in [1.807, 2.05) is 6.07 Å². The van der Waals surface area contributed by atoms with E-state index in [1.54, 1.807) is 36.4 Å². The maximum atomic E-state index is 12.8. The molecule has 2 aromatic rings. The first-order chi connectivity index (χ1) is 11.0. The predicted octanol–water partition coefficient (Wildman–Crippen LogP) is 1.60. The number of anilines is 2. The monoisotopic (exact) mass is 313 g/mol. The van der Waals surface area contributed by atoms with Crippen LogP contribution in [0, 0.1) is 0 Å². The van der Waals surface area contributed by atoms with Gasteiger partial charge in [-0.15, -0.1) is 0 Å². The van der Waals surface area contributed by atoms with Crippen LogP contribution in [0.25, 0.3) is 0 Å². The Morgan fingerprint density at radius 3 is 2.65 bits per heavy atom. The molecule has 0 saturated carbocycles. The van der Waals surface area contributed by atoms with Gasteiger partial charge in [0.05, 0.1) is 0 Å². The third kappa shape index (κ3) is 2.57. The summed E-state index contributed by atoms with van der Waals surface area (Å²) in [5.74, 6) is -1.00. The zero-order chi connectivity index (χ0) is 16.6. The highest BCUT2D eigenvalue weighted by Crippen LogP contribution is 2.39. The number of ether oxygens (including phenoxy) is 1. The van der Waals surface area contributed by atoms with Crippen LogP contribution < -0.4 is 15.4 Å². The van der Waals surface area contributed by atoms with Gasteiger partial charge in [-0.05, 0) is 19.1 Å². The maximum absolute atomic E-state index is 12.8. The third-order valence-electron chi connectivity index (χ3n) is 3.64. The number of nitrogen functional groups attached to an aromatic ring is 1. The number of carboxylic acid groups (broad SMARTS) is 1. The van der Waals surface area contributed by atoms with E-state index in [1.165, 1.54) is 6.92 Å². The molecule has 3 N–H and O–H groups in total. The topological polar surface area (TPSA) is 106 Å². The molecule has 2 atom stereocenters. The van der Waals surface area contributed by atoms with Gasteiger partial charge in [0.2, 0.25) is 6.10 Å². The minimum Gasteiger partial charge on any atom is -0.480 e. The molecule has 2 heterocycles. The Bertz CT molecular complexity index is 763. The largest absolute Gasteiger partial charge is 0.480 e. The Balaban J connectivity index is 2.11. The van der Waals surface area contributed by atoms with E-state index in [0.717, 1.165) is 4.90 Å². The van der Waals surface area contributed by atoms with E-state index in [-0.39, 0.29) is 11.6 Å².